The fraction of sp³-hybridized carbons (Fsp3) is 0.300. The van der Waals surface area contributed by atoms with Crippen LogP contribution < -0.4 is 5.32 Å². The maximum atomic E-state index is 12.4. The second-order valence-electron chi connectivity index (χ2n) is 3.44. The number of alkyl halides is 3. The van der Waals surface area contributed by atoms with Crippen molar-refractivity contribution in [3.05, 3.63) is 36.1 Å². The van der Waals surface area contributed by atoms with Crippen LogP contribution in [-0.2, 0) is 12.6 Å². The van der Waals surface area contributed by atoms with Gasteiger partial charge in [-0.1, -0.05) is 5.16 Å². The average Bonchev–Trinajstić information content (AvgIpc) is 2.81. The summed E-state index contributed by atoms with van der Waals surface area (Å²) in [6.07, 6.45) is -1.58. The number of aromatic nitrogens is 3. The Balaban J connectivity index is 1.93. The van der Waals surface area contributed by atoms with Crippen molar-refractivity contribution in [2.24, 2.45) is 0 Å². The molecule has 0 aromatic carbocycles. The molecule has 18 heavy (non-hydrogen) atoms. The first-order valence-electron chi connectivity index (χ1n) is 5.08. The van der Waals surface area contributed by atoms with Crippen molar-refractivity contribution in [1.29, 1.82) is 0 Å². The summed E-state index contributed by atoms with van der Waals surface area (Å²) in [5.41, 5.74) is -0.738. The summed E-state index contributed by atoms with van der Waals surface area (Å²) in [6, 6.07) is 1.87. The number of halogens is 3. The summed E-state index contributed by atoms with van der Waals surface area (Å²) in [6.45, 7) is 0.358. The van der Waals surface area contributed by atoms with Crippen molar-refractivity contribution in [3.8, 4) is 0 Å². The first kappa shape index (κ1) is 12.3. The third kappa shape index (κ3) is 3.19. The Labute approximate surface area is 100 Å². The van der Waals surface area contributed by atoms with Gasteiger partial charge in [-0.15, -0.1) is 0 Å². The largest absolute Gasteiger partial charge is 0.416 e. The van der Waals surface area contributed by atoms with E-state index < -0.39 is 11.7 Å². The normalized spacial score (nSPS) is 11.5. The number of anilines is 1. The molecular weight excluding hydrogens is 249 g/mol. The molecule has 2 heterocycles. The van der Waals surface area contributed by atoms with E-state index in [0.717, 1.165) is 18.3 Å². The monoisotopic (exact) mass is 258 g/mol. The maximum absolute atomic E-state index is 12.4. The number of nitrogens with one attached hydrogen (secondary N) is 1. The van der Waals surface area contributed by atoms with Gasteiger partial charge in [0.1, 0.15) is 5.82 Å². The van der Waals surface area contributed by atoms with Gasteiger partial charge in [-0.3, -0.25) is 0 Å². The summed E-state index contributed by atoms with van der Waals surface area (Å²) in [5, 5.41) is 6.17. The van der Waals surface area contributed by atoms with E-state index in [4.69, 9.17) is 4.52 Å². The number of hydrogen-bond donors (Lipinski definition) is 1. The highest BCUT2D eigenvalue weighted by Crippen LogP contribution is 2.29. The van der Waals surface area contributed by atoms with Gasteiger partial charge in [0.05, 0.1) is 5.56 Å². The molecule has 0 unspecified atom stereocenters. The van der Waals surface area contributed by atoms with Gasteiger partial charge in [0.25, 0.3) is 0 Å². The minimum absolute atomic E-state index is 0.157. The van der Waals surface area contributed by atoms with Crippen molar-refractivity contribution in [2.45, 2.75) is 12.6 Å². The molecule has 1 N–H and O–H groups in total. The van der Waals surface area contributed by atoms with Crippen LogP contribution in [0.4, 0.5) is 19.0 Å². The Bertz CT molecular complexity index is 498. The van der Waals surface area contributed by atoms with E-state index in [1.165, 1.54) is 6.33 Å². The van der Waals surface area contributed by atoms with E-state index in [0.29, 0.717) is 18.9 Å². The van der Waals surface area contributed by atoms with Gasteiger partial charge in [-0.25, -0.2) is 4.98 Å². The SMILES string of the molecule is FC(F)(F)c1ccnc(NCCc2ncno2)c1. The standard InChI is InChI=1S/C10H9F3N4O/c11-10(12,13)7-1-3-14-8(5-7)15-4-2-9-16-6-17-18-9/h1,3,5-6H,2,4H2,(H,14,15). The predicted molar refractivity (Wildman–Crippen MR) is 55.7 cm³/mol. The number of rotatable bonds is 4. The smallest absolute Gasteiger partial charge is 0.370 e. The fourth-order valence-corrected chi connectivity index (χ4v) is 1.31. The summed E-state index contributed by atoms with van der Waals surface area (Å²) in [7, 11) is 0. The van der Waals surface area contributed by atoms with Gasteiger partial charge in [-0.2, -0.15) is 18.2 Å². The van der Waals surface area contributed by atoms with E-state index in [1.54, 1.807) is 0 Å². The number of pyridine rings is 1. The van der Waals surface area contributed by atoms with Crippen LogP contribution in [0.2, 0.25) is 0 Å². The molecular formula is C10H9F3N4O. The molecule has 0 fully saturated rings. The molecule has 2 rings (SSSR count). The fourth-order valence-electron chi connectivity index (χ4n) is 1.31. The molecule has 5 nitrogen and oxygen atoms in total. The molecule has 2 aromatic rings. The lowest BCUT2D eigenvalue weighted by molar-refractivity contribution is -0.137. The van der Waals surface area contributed by atoms with Crippen LogP contribution in [0.5, 0.6) is 0 Å². The summed E-state index contributed by atoms with van der Waals surface area (Å²) in [5.74, 6) is 0.568. The predicted octanol–water partition coefficient (Wildman–Crippen LogP) is 2.14. The first-order valence-corrected chi connectivity index (χ1v) is 5.08. The third-order valence-corrected chi connectivity index (χ3v) is 2.14. The lowest BCUT2D eigenvalue weighted by atomic mass is 10.2. The van der Waals surface area contributed by atoms with Crippen molar-refractivity contribution in [2.75, 3.05) is 11.9 Å². The zero-order valence-electron chi connectivity index (χ0n) is 9.11. The van der Waals surface area contributed by atoms with Gasteiger partial charge >= 0.3 is 6.18 Å². The zero-order chi connectivity index (χ0) is 13.0. The van der Waals surface area contributed by atoms with Crippen LogP contribution in [0.15, 0.2) is 29.2 Å². The van der Waals surface area contributed by atoms with Crippen molar-refractivity contribution in [3.63, 3.8) is 0 Å². The van der Waals surface area contributed by atoms with Crippen LogP contribution in [0.25, 0.3) is 0 Å². The van der Waals surface area contributed by atoms with Crippen LogP contribution in [0.1, 0.15) is 11.5 Å². The lowest BCUT2D eigenvalue weighted by Crippen LogP contribution is -2.09. The summed E-state index contributed by atoms with van der Waals surface area (Å²) in [4.78, 5) is 7.58. The molecule has 96 valence electrons. The first-order chi connectivity index (χ1) is 8.55. The molecule has 0 spiro atoms. The lowest BCUT2D eigenvalue weighted by Gasteiger charge is -2.08. The highest BCUT2D eigenvalue weighted by atomic mass is 19.4. The zero-order valence-corrected chi connectivity index (χ0v) is 9.11. The Morgan fingerprint density at radius 3 is 2.78 bits per heavy atom. The topological polar surface area (TPSA) is 63.8 Å². The third-order valence-electron chi connectivity index (χ3n) is 2.14. The molecule has 0 saturated heterocycles. The summed E-state index contributed by atoms with van der Waals surface area (Å²) < 4.78 is 42.0. The van der Waals surface area contributed by atoms with E-state index in [9.17, 15) is 13.2 Å². The molecule has 0 aliphatic heterocycles. The van der Waals surface area contributed by atoms with E-state index >= 15 is 0 Å². The van der Waals surface area contributed by atoms with Gasteiger partial charge in [0, 0.05) is 19.2 Å². The Morgan fingerprint density at radius 2 is 2.11 bits per heavy atom. The summed E-state index contributed by atoms with van der Waals surface area (Å²) >= 11 is 0. The van der Waals surface area contributed by atoms with Gasteiger partial charge in [-0.05, 0) is 12.1 Å². The van der Waals surface area contributed by atoms with Crippen molar-refractivity contribution < 1.29 is 17.7 Å². The second-order valence-corrected chi connectivity index (χ2v) is 3.44. The highest BCUT2D eigenvalue weighted by Gasteiger charge is 2.30. The van der Waals surface area contributed by atoms with E-state index in [-0.39, 0.29) is 5.82 Å². The number of hydrogen-bond acceptors (Lipinski definition) is 5. The second kappa shape index (κ2) is 5.03. The highest BCUT2D eigenvalue weighted by molar-refractivity contribution is 5.38. The molecule has 0 aliphatic carbocycles. The molecule has 8 heteroatoms. The van der Waals surface area contributed by atoms with Crippen LogP contribution in [-0.4, -0.2) is 21.7 Å². The quantitative estimate of drug-likeness (QED) is 0.910. The molecule has 0 saturated carbocycles. The Hall–Kier alpha value is -2.12. The van der Waals surface area contributed by atoms with Gasteiger partial charge in [0.15, 0.2) is 6.33 Å². The molecule has 0 radical (unpaired) electrons. The van der Waals surface area contributed by atoms with Crippen molar-refractivity contribution >= 4 is 5.82 Å². The van der Waals surface area contributed by atoms with Crippen LogP contribution in [0.3, 0.4) is 0 Å². The molecule has 0 amide bonds. The minimum atomic E-state index is -4.37. The Morgan fingerprint density at radius 1 is 1.28 bits per heavy atom. The molecule has 2 aromatic heterocycles. The minimum Gasteiger partial charge on any atom is -0.370 e. The molecule has 0 aliphatic rings. The van der Waals surface area contributed by atoms with Crippen LogP contribution >= 0.6 is 0 Å². The molecule has 0 bridgehead atoms. The maximum Gasteiger partial charge on any atom is 0.416 e. The van der Waals surface area contributed by atoms with Gasteiger partial charge < -0.3 is 9.84 Å². The average molecular weight is 258 g/mol. The van der Waals surface area contributed by atoms with E-state index in [1.807, 2.05) is 0 Å². The van der Waals surface area contributed by atoms with E-state index in [2.05, 4.69) is 20.4 Å². The Kier molecular flexibility index (Phi) is 3.45. The van der Waals surface area contributed by atoms with Gasteiger partial charge in [0.2, 0.25) is 5.89 Å². The van der Waals surface area contributed by atoms with Crippen molar-refractivity contribution in [1.82, 2.24) is 15.1 Å². The molecule has 0 atom stereocenters. The number of nitrogens with zero attached hydrogens (tertiary/aromatic N) is 3. The van der Waals surface area contributed by atoms with Crippen LogP contribution in [0, 0.1) is 0 Å².